The van der Waals surface area contributed by atoms with Gasteiger partial charge in [0.2, 0.25) is 5.91 Å². The van der Waals surface area contributed by atoms with Crippen molar-refractivity contribution >= 4 is 27.7 Å². The fraction of sp³-hybridized carbons (Fsp3) is 0.385. The number of carbonyl (C=O) groups is 2. The zero-order valence-corrected chi connectivity index (χ0v) is 12.4. The van der Waals surface area contributed by atoms with E-state index < -0.39 is 11.7 Å². The Hall–Kier alpha value is -1.43. The molecule has 104 valence electrons. The predicted octanol–water partition coefficient (Wildman–Crippen LogP) is 2.09. The van der Waals surface area contributed by atoms with Crippen LogP contribution in [0.15, 0.2) is 22.7 Å². The maximum Gasteiger partial charge on any atom is 0.251 e. The molecule has 4 nitrogen and oxygen atoms in total. The lowest BCUT2D eigenvalue weighted by Crippen LogP contribution is -2.38. The van der Waals surface area contributed by atoms with Crippen LogP contribution in [0.1, 0.15) is 24.2 Å². The Bertz CT molecular complexity index is 478. The van der Waals surface area contributed by atoms with Crippen LogP contribution < -0.4 is 10.6 Å². The van der Waals surface area contributed by atoms with Gasteiger partial charge in [-0.05, 0) is 40.0 Å². The molecule has 2 N–H and O–H groups in total. The molecule has 2 amide bonds. The van der Waals surface area contributed by atoms with Crippen molar-refractivity contribution in [3.8, 4) is 0 Å². The van der Waals surface area contributed by atoms with Gasteiger partial charge in [-0.3, -0.25) is 9.59 Å². The molecular weight excluding hydrogens is 315 g/mol. The molecule has 0 bridgehead atoms. The number of nitrogens with one attached hydrogen (secondary N) is 2. The third-order valence-electron chi connectivity index (χ3n) is 2.30. The summed E-state index contributed by atoms with van der Waals surface area (Å²) in [5, 5.41) is 5.11. The third-order valence-corrected chi connectivity index (χ3v) is 2.94. The minimum Gasteiger partial charge on any atom is -0.354 e. The monoisotopic (exact) mass is 330 g/mol. The summed E-state index contributed by atoms with van der Waals surface area (Å²) < 4.78 is 13.5. The van der Waals surface area contributed by atoms with Crippen molar-refractivity contribution in [2.24, 2.45) is 5.92 Å². The summed E-state index contributed by atoms with van der Waals surface area (Å²) in [5.74, 6) is -0.914. The summed E-state index contributed by atoms with van der Waals surface area (Å²) in [7, 11) is 0. The van der Waals surface area contributed by atoms with E-state index in [-0.39, 0.29) is 18.0 Å². The van der Waals surface area contributed by atoms with Crippen molar-refractivity contribution in [3.63, 3.8) is 0 Å². The lowest BCUT2D eigenvalue weighted by molar-refractivity contribution is -0.120. The molecule has 0 heterocycles. The average Bonchev–Trinajstić information content (AvgIpc) is 2.36. The summed E-state index contributed by atoms with van der Waals surface area (Å²) in [6.07, 6.45) is 0. The molecule has 0 radical (unpaired) electrons. The van der Waals surface area contributed by atoms with E-state index in [9.17, 15) is 14.0 Å². The number of benzene rings is 1. The van der Waals surface area contributed by atoms with E-state index in [0.717, 1.165) is 6.07 Å². The lowest BCUT2D eigenvalue weighted by Gasteiger charge is -2.08. The molecule has 0 fully saturated rings. The van der Waals surface area contributed by atoms with E-state index in [0.29, 0.717) is 16.9 Å². The van der Waals surface area contributed by atoms with E-state index in [1.807, 2.05) is 13.8 Å². The second-order valence-corrected chi connectivity index (χ2v) is 5.36. The topological polar surface area (TPSA) is 58.2 Å². The Morgan fingerprint density at radius 1 is 1.32 bits per heavy atom. The number of rotatable bonds is 5. The van der Waals surface area contributed by atoms with Crippen molar-refractivity contribution in [3.05, 3.63) is 34.1 Å². The molecule has 0 spiro atoms. The van der Waals surface area contributed by atoms with Crippen LogP contribution >= 0.6 is 15.9 Å². The third kappa shape index (κ3) is 5.38. The van der Waals surface area contributed by atoms with Crippen LogP contribution in [0.25, 0.3) is 0 Å². The Labute approximate surface area is 119 Å². The van der Waals surface area contributed by atoms with Gasteiger partial charge in [0, 0.05) is 12.1 Å². The van der Waals surface area contributed by atoms with Crippen molar-refractivity contribution in [1.29, 1.82) is 0 Å². The Morgan fingerprint density at radius 3 is 2.58 bits per heavy atom. The quantitative estimate of drug-likeness (QED) is 0.868. The maximum absolute atomic E-state index is 13.2. The first-order valence-electron chi connectivity index (χ1n) is 5.90. The molecule has 6 heteroatoms. The number of carbonyl (C=O) groups excluding carboxylic acids is 2. The summed E-state index contributed by atoms with van der Waals surface area (Å²) in [6.45, 7) is 4.39. The van der Waals surface area contributed by atoms with Crippen molar-refractivity contribution in [2.75, 3.05) is 13.1 Å². The van der Waals surface area contributed by atoms with Gasteiger partial charge < -0.3 is 10.6 Å². The lowest BCUT2D eigenvalue weighted by atomic mass is 10.2. The highest BCUT2D eigenvalue weighted by atomic mass is 79.9. The minimum absolute atomic E-state index is 0.122. The molecular formula is C13H16BrFN2O2. The van der Waals surface area contributed by atoms with E-state index in [1.165, 1.54) is 12.1 Å². The fourth-order valence-electron chi connectivity index (χ4n) is 1.28. The van der Waals surface area contributed by atoms with Gasteiger partial charge in [-0.1, -0.05) is 13.8 Å². The van der Waals surface area contributed by atoms with Crippen molar-refractivity contribution in [2.45, 2.75) is 13.8 Å². The molecule has 0 atom stereocenters. The van der Waals surface area contributed by atoms with Crippen LogP contribution in [0, 0.1) is 11.7 Å². The van der Waals surface area contributed by atoms with Gasteiger partial charge in [0.15, 0.2) is 0 Å². The highest BCUT2D eigenvalue weighted by Gasteiger charge is 2.10. The number of amides is 2. The zero-order valence-electron chi connectivity index (χ0n) is 10.8. The second kappa shape index (κ2) is 7.23. The molecule has 1 aromatic carbocycles. The first-order valence-corrected chi connectivity index (χ1v) is 6.69. The molecule has 1 aromatic rings. The van der Waals surface area contributed by atoms with Crippen LogP contribution in [0.3, 0.4) is 0 Å². The second-order valence-electron chi connectivity index (χ2n) is 4.51. The minimum atomic E-state index is -0.517. The molecule has 0 saturated carbocycles. The first kappa shape index (κ1) is 15.6. The summed E-state index contributed by atoms with van der Waals surface area (Å²) >= 11 is 3.00. The summed E-state index contributed by atoms with van der Waals surface area (Å²) in [4.78, 5) is 23.1. The maximum atomic E-state index is 13.2. The number of hydrogen-bond donors (Lipinski definition) is 2. The van der Waals surface area contributed by atoms with Gasteiger partial charge in [0.25, 0.3) is 5.91 Å². The Balaban J connectivity index is 2.47. The highest BCUT2D eigenvalue weighted by molar-refractivity contribution is 9.10. The van der Waals surface area contributed by atoms with Crippen molar-refractivity contribution < 1.29 is 14.0 Å². The highest BCUT2D eigenvalue weighted by Crippen LogP contribution is 2.16. The first-order chi connectivity index (χ1) is 8.90. The van der Waals surface area contributed by atoms with Gasteiger partial charge in [0.1, 0.15) is 5.82 Å². The summed E-state index contributed by atoms with van der Waals surface area (Å²) in [5.41, 5.74) is 0.178. The predicted molar refractivity (Wildman–Crippen MR) is 74.3 cm³/mol. The Kier molecular flexibility index (Phi) is 5.95. The molecule has 0 aliphatic carbocycles. The normalized spacial score (nSPS) is 10.4. The van der Waals surface area contributed by atoms with Gasteiger partial charge >= 0.3 is 0 Å². The van der Waals surface area contributed by atoms with Crippen molar-refractivity contribution in [1.82, 2.24) is 10.6 Å². The van der Waals surface area contributed by atoms with Crippen LogP contribution in [-0.2, 0) is 4.79 Å². The van der Waals surface area contributed by atoms with Crippen LogP contribution in [0.2, 0.25) is 0 Å². The van der Waals surface area contributed by atoms with Crippen LogP contribution in [0.4, 0.5) is 4.39 Å². The molecule has 0 unspecified atom stereocenters. The van der Waals surface area contributed by atoms with Crippen LogP contribution in [-0.4, -0.2) is 24.9 Å². The largest absolute Gasteiger partial charge is 0.354 e. The van der Waals surface area contributed by atoms with E-state index in [4.69, 9.17) is 0 Å². The summed E-state index contributed by atoms with van der Waals surface area (Å²) in [6, 6.07) is 4.04. The standard InChI is InChI=1S/C13H16BrFN2O2/c1-8(2)6-16-12(18)7-17-13(19)9-3-4-10(14)11(15)5-9/h3-5,8H,6-7H2,1-2H3,(H,16,18)(H,17,19). The molecule has 0 aliphatic heterocycles. The van der Waals surface area contributed by atoms with Crippen LogP contribution in [0.5, 0.6) is 0 Å². The fourth-order valence-corrected chi connectivity index (χ4v) is 1.53. The van der Waals surface area contributed by atoms with Gasteiger partial charge in [-0.15, -0.1) is 0 Å². The Morgan fingerprint density at radius 2 is 2.00 bits per heavy atom. The van der Waals surface area contributed by atoms with E-state index in [2.05, 4.69) is 26.6 Å². The van der Waals surface area contributed by atoms with Gasteiger partial charge in [-0.25, -0.2) is 4.39 Å². The smallest absolute Gasteiger partial charge is 0.251 e. The molecule has 19 heavy (non-hydrogen) atoms. The number of halogens is 2. The molecule has 0 aromatic heterocycles. The van der Waals surface area contributed by atoms with Gasteiger partial charge in [0.05, 0.1) is 11.0 Å². The van der Waals surface area contributed by atoms with E-state index in [1.54, 1.807) is 0 Å². The SMILES string of the molecule is CC(C)CNC(=O)CNC(=O)c1ccc(Br)c(F)c1. The molecule has 0 saturated heterocycles. The van der Waals surface area contributed by atoms with Gasteiger partial charge in [-0.2, -0.15) is 0 Å². The average molecular weight is 331 g/mol. The number of hydrogen-bond acceptors (Lipinski definition) is 2. The molecule has 0 aliphatic rings. The molecule has 1 rings (SSSR count). The van der Waals surface area contributed by atoms with E-state index >= 15 is 0 Å². The zero-order chi connectivity index (χ0) is 14.4.